The zero-order chi connectivity index (χ0) is 20.1. The van der Waals surface area contributed by atoms with Crippen LogP contribution >= 0.6 is 0 Å². The summed E-state index contributed by atoms with van der Waals surface area (Å²) in [6.45, 7) is -0.370. The number of imide groups is 1. The Morgan fingerprint density at radius 3 is 2.54 bits per heavy atom. The largest absolute Gasteiger partial charge is 0.489 e. The number of hydrogen-bond donors (Lipinski definition) is 1. The molecule has 0 unspecified atom stereocenters. The van der Waals surface area contributed by atoms with Gasteiger partial charge in [-0.1, -0.05) is 30.3 Å². The monoisotopic (exact) mass is 384 g/mol. The Labute approximate surface area is 160 Å². The molecule has 1 aliphatic heterocycles. The lowest BCUT2D eigenvalue weighted by atomic mass is 10.2. The number of halogens is 1. The molecule has 8 heteroatoms. The first kappa shape index (κ1) is 19.1. The maximum atomic E-state index is 13.6. The summed E-state index contributed by atoms with van der Waals surface area (Å²) >= 11 is 0. The molecule has 0 bridgehead atoms. The van der Waals surface area contributed by atoms with Crippen molar-refractivity contribution in [3.05, 3.63) is 71.2 Å². The minimum atomic E-state index is -0.693. The van der Waals surface area contributed by atoms with Gasteiger partial charge in [-0.25, -0.2) is 14.1 Å². The zero-order valence-electron chi connectivity index (χ0n) is 15.0. The molecule has 0 aromatic heterocycles. The molecule has 0 saturated carbocycles. The van der Waals surface area contributed by atoms with Gasteiger partial charge >= 0.3 is 12.0 Å². The van der Waals surface area contributed by atoms with Crippen LogP contribution in [0.5, 0.6) is 5.75 Å². The molecule has 1 heterocycles. The predicted octanol–water partition coefficient (Wildman–Crippen LogP) is 2.47. The maximum Gasteiger partial charge on any atom is 0.329 e. The summed E-state index contributed by atoms with van der Waals surface area (Å²) in [5, 5.41) is 2.42. The summed E-state index contributed by atoms with van der Waals surface area (Å²) in [6, 6.07) is 12.4. The van der Waals surface area contributed by atoms with Crippen molar-refractivity contribution in [2.45, 2.75) is 6.61 Å². The van der Waals surface area contributed by atoms with E-state index < -0.39 is 24.5 Å². The van der Waals surface area contributed by atoms with Gasteiger partial charge in [-0.3, -0.25) is 9.59 Å². The number of ether oxygens (including phenoxy) is 2. The number of nitrogens with zero attached hydrogens (tertiary/aromatic N) is 1. The Morgan fingerprint density at radius 2 is 1.86 bits per heavy atom. The zero-order valence-corrected chi connectivity index (χ0v) is 15.0. The van der Waals surface area contributed by atoms with Gasteiger partial charge in [0.2, 0.25) is 0 Å². The van der Waals surface area contributed by atoms with Crippen LogP contribution in [0, 0.1) is 5.82 Å². The molecule has 0 atom stereocenters. The van der Waals surface area contributed by atoms with Gasteiger partial charge in [0, 0.05) is 5.56 Å². The number of esters is 1. The SMILES string of the molecule is COC(=O)CN1C(=O)N/C(=C/c2ccc(OCc3ccccc3F)cc2)C1=O. The van der Waals surface area contributed by atoms with Crippen molar-refractivity contribution in [3.63, 3.8) is 0 Å². The Bertz CT molecular complexity index is 940. The van der Waals surface area contributed by atoms with E-state index in [4.69, 9.17) is 4.74 Å². The second-order valence-corrected chi connectivity index (χ2v) is 5.90. The topological polar surface area (TPSA) is 84.9 Å². The quantitative estimate of drug-likeness (QED) is 0.470. The standard InChI is InChI=1S/C20H17FN2O5/c1-27-18(24)11-23-19(25)17(22-20(23)26)10-13-6-8-15(9-7-13)28-12-14-4-2-3-5-16(14)21/h2-10H,11-12H2,1H3,(H,22,26)/b17-10+. The van der Waals surface area contributed by atoms with Gasteiger partial charge in [0.15, 0.2) is 0 Å². The maximum absolute atomic E-state index is 13.6. The van der Waals surface area contributed by atoms with E-state index in [1.807, 2.05) is 0 Å². The molecule has 1 aliphatic rings. The molecule has 0 spiro atoms. The third-order valence-corrected chi connectivity index (χ3v) is 4.02. The molecule has 3 rings (SSSR count). The molecule has 3 amide bonds. The number of nitrogens with one attached hydrogen (secondary N) is 1. The summed E-state index contributed by atoms with van der Waals surface area (Å²) < 4.78 is 23.6. The highest BCUT2D eigenvalue weighted by Crippen LogP contribution is 2.19. The van der Waals surface area contributed by atoms with Crippen LogP contribution in [0.1, 0.15) is 11.1 Å². The summed E-state index contributed by atoms with van der Waals surface area (Å²) in [7, 11) is 1.17. The Kier molecular flexibility index (Phi) is 5.69. The number of carbonyl (C=O) groups excluding carboxylic acids is 3. The smallest absolute Gasteiger partial charge is 0.329 e. The highest BCUT2D eigenvalue weighted by atomic mass is 19.1. The molecule has 28 heavy (non-hydrogen) atoms. The average Bonchev–Trinajstić information content (AvgIpc) is 2.95. The highest BCUT2D eigenvalue weighted by Gasteiger charge is 2.35. The van der Waals surface area contributed by atoms with Gasteiger partial charge in [0.05, 0.1) is 7.11 Å². The van der Waals surface area contributed by atoms with E-state index in [9.17, 15) is 18.8 Å². The molecule has 7 nitrogen and oxygen atoms in total. The lowest BCUT2D eigenvalue weighted by molar-refractivity contribution is -0.143. The minimum absolute atomic E-state index is 0.0499. The van der Waals surface area contributed by atoms with Crippen LogP contribution in [0.25, 0.3) is 6.08 Å². The number of rotatable bonds is 6. The second-order valence-electron chi connectivity index (χ2n) is 5.90. The highest BCUT2D eigenvalue weighted by molar-refractivity contribution is 6.15. The fourth-order valence-electron chi connectivity index (χ4n) is 2.51. The number of hydrogen-bond acceptors (Lipinski definition) is 5. The number of amides is 3. The van der Waals surface area contributed by atoms with Crippen molar-refractivity contribution in [3.8, 4) is 5.75 Å². The van der Waals surface area contributed by atoms with Crippen LogP contribution in [0.2, 0.25) is 0 Å². The molecule has 0 aliphatic carbocycles. The number of methoxy groups -OCH3 is 1. The van der Waals surface area contributed by atoms with Gasteiger partial charge in [-0.2, -0.15) is 0 Å². The van der Waals surface area contributed by atoms with Crippen molar-refractivity contribution in [1.82, 2.24) is 10.2 Å². The first-order valence-corrected chi connectivity index (χ1v) is 8.35. The minimum Gasteiger partial charge on any atom is -0.489 e. The van der Waals surface area contributed by atoms with Crippen molar-refractivity contribution >= 4 is 24.0 Å². The van der Waals surface area contributed by atoms with E-state index in [1.165, 1.54) is 19.3 Å². The number of urea groups is 1. The molecule has 144 valence electrons. The fraction of sp³-hybridized carbons (Fsp3) is 0.150. The Morgan fingerprint density at radius 1 is 1.14 bits per heavy atom. The van der Waals surface area contributed by atoms with Crippen molar-refractivity contribution in [2.75, 3.05) is 13.7 Å². The van der Waals surface area contributed by atoms with E-state index in [1.54, 1.807) is 42.5 Å². The third kappa shape index (κ3) is 4.35. The molecule has 1 saturated heterocycles. The van der Waals surface area contributed by atoms with E-state index in [0.29, 0.717) is 16.9 Å². The average molecular weight is 384 g/mol. The summed E-state index contributed by atoms with van der Waals surface area (Å²) in [4.78, 5) is 36.1. The molecule has 1 fully saturated rings. The van der Waals surface area contributed by atoms with Crippen LogP contribution in [0.3, 0.4) is 0 Å². The summed E-state index contributed by atoms with van der Waals surface area (Å²) in [5.41, 5.74) is 1.13. The predicted molar refractivity (Wildman–Crippen MR) is 97.4 cm³/mol. The van der Waals surface area contributed by atoms with E-state index >= 15 is 0 Å². The summed E-state index contributed by atoms with van der Waals surface area (Å²) in [6.07, 6.45) is 1.48. The van der Waals surface area contributed by atoms with Gasteiger partial charge in [0.1, 0.15) is 30.4 Å². The molecule has 0 radical (unpaired) electrons. The van der Waals surface area contributed by atoms with Crippen molar-refractivity contribution in [2.24, 2.45) is 0 Å². The van der Waals surface area contributed by atoms with Crippen molar-refractivity contribution < 1.29 is 28.2 Å². The van der Waals surface area contributed by atoms with E-state index in [0.717, 1.165) is 4.90 Å². The lowest BCUT2D eigenvalue weighted by Gasteiger charge is -2.09. The van der Waals surface area contributed by atoms with Gasteiger partial charge in [0.25, 0.3) is 5.91 Å². The first-order valence-electron chi connectivity index (χ1n) is 8.35. The fourth-order valence-corrected chi connectivity index (χ4v) is 2.51. The molecular formula is C20H17FN2O5. The van der Waals surface area contributed by atoms with E-state index in [2.05, 4.69) is 10.1 Å². The van der Waals surface area contributed by atoms with Gasteiger partial charge in [-0.05, 0) is 29.8 Å². The summed E-state index contributed by atoms with van der Waals surface area (Å²) in [5.74, 6) is -1.12. The first-order chi connectivity index (χ1) is 13.5. The van der Waals surface area contributed by atoms with Gasteiger partial charge in [-0.15, -0.1) is 0 Å². The van der Waals surface area contributed by atoms with E-state index in [-0.39, 0.29) is 18.1 Å². The Balaban J connectivity index is 1.65. The van der Waals surface area contributed by atoms with Crippen LogP contribution < -0.4 is 10.1 Å². The second kappa shape index (κ2) is 8.34. The Hall–Kier alpha value is -3.68. The van der Waals surface area contributed by atoms with Crippen LogP contribution in [-0.2, 0) is 20.9 Å². The van der Waals surface area contributed by atoms with Crippen LogP contribution in [0.4, 0.5) is 9.18 Å². The molecule has 2 aromatic rings. The van der Waals surface area contributed by atoms with Crippen LogP contribution in [-0.4, -0.2) is 36.5 Å². The van der Waals surface area contributed by atoms with Crippen LogP contribution in [0.15, 0.2) is 54.2 Å². The lowest BCUT2D eigenvalue weighted by Crippen LogP contribution is -2.36. The third-order valence-electron chi connectivity index (χ3n) is 4.02. The number of benzene rings is 2. The normalized spacial score (nSPS) is 14.9. The van der Waals surface area contributed by atoms with Gasteiger partial charge < -0.3 is 14.8 Å². The molecular weight excluding hydrogens is 367 g/mol. The van der Waals surface area contributed by atoms with Crippen molar-refractivity contribution in [1.29, 1.82) is 0 Å². The molecule has 1 N–H and O–H groups in total. The molecule has 2 aromatic carbocycles. The number of carbonyl (C=O) groups is 3.